The van der Waals surface area contributed by atoms with Crippen LogP contribution in [0, 0.1) is 0 Å². The Balaban J connectivity index is 1.28. The highest BCUT2D eigenvalue weighted by atomic mass is 32.2. The van der Waals surface area contributed by atoms with Crippen LogP contribution in [-0.2, 0) is 26.0 Å². The summed E-state index contributed by atoms with van der Waals surface area (Å²) in [7, 11) is -3.71. The molecule has 0 saturated carbocycles. The van der Waals surface area contributed by atoms with Gasteiger partial charge >= 0.3 is 5.97 Å². The van der Waals surface area contributed by atoms with E-state index >= 15 is 0 Å². The molecule has 2 amide bonds. The Hall–Kier alpha value is -4.02. The smallest absolute Gasteiger partial charge is 0.326 e. The number of carbonyl (C=O) groups excluding carboxylic acids is 2. The lowest BCUT2D eigenvalue weighted by Crippen LogP contribution is -2.50. The highest BCUT2D eigenvalue weighted by molar-refractivity contribution is 7.89. The van der Waals surface area contributed by atoms with Gasteiger partial charge in [-0.2, -0.15) is 4.31 Å². The van der Waals surface area contributed by atoms with E-state index in [0.717, 1.165) is 11.1 Å². The fraction of sp³-hybridized carbons (Fsp3) is 0.276. The molecule has 1 aliphatic heterocycles. The molecule has 0 radical (unpaired) electrons. The predicted molar refractivity (Wildman–Crippen MR) is 146 cm³/mol. The second-order valence-corrected chi connectivity index (χ2v) is 11.3. The average Bonchev–Trinajstić information content (AvgIpc) is 2.96. The molecule has 1 fully saturated rings. The molecule has 2 N–H and O–H groups in total. The fourth-order valence-electron chi connectivity index (χ4n) is 4.45. The first-order valence-electron chi connectivity index (χ1n) is 12.7. The topological polar surface area (TPSA) is 124 Å². The normalized spacial score (nSPS) is 14.9. The summed E-state index contributed by atoms with van der Waals surface area (Å²) in [4.78, 5) is 38.5. The summed E-state index contributed by atoms with van der Waals surface area (Å²) in [6.45, 7) is 0.705. The Bertz CT molecular complexity index is 1390. The van der Waals surface area contributed by atoms with Gasteiger partial charge < -0.3 is 15.3 Å². The minimum absolute atomic E-state index is 0.0689. The number of nitrogens with zero attached hydrogens (tertiary/aromatic N) is 2. The SMILES string of the molecule is O=C(N[C@@H](CCC(=O)N1CCN(S(=O)(=O)c2ccc(Cc3ccccc3)cc2)CC1)C(=O)O)c1ccccc1. The van der Waals surface area contributed by atoms with E-state index in [1.54, 1.807) is 42.5 Å². The van der Waals surface area contributed by atoms with E-state index in [9.17, 15) is 27.9 Å². The van der Waals surface area contributed by atoms with Crippen LogP contribution in [0.4, 0.5) is 0 Å². The number of carbonyl (C=O) groups is 3. The molecule has 0 spiro atoms. The number of aliphatic carboxylic acids is 1. The van der Waals surface area contributed by atoms with Crippen LogP contribution in [0.5, 0.6) is 0 Å². The molecule has 9 nitrogen and oxygen atoms in total. The van der Waals surface area contributed by atoms with E-state index in [2.05, 4.69) is 5.32 Å². The van der Waals surface area contributed by atoms with Gasteiger partial charge in [0.1, 0.15) is 6.04 Å². The minimum atomic E-state index is -3.71. The van der Waals surface area contributed by atoms with Gasteiger partial charge in [-0.25, -0.2) is 13.2 Å². The van der Waals surface area contributed by atoms with Gasteiger partial charge in [0.15, 0.2) is 0 Å². The molecule has 204 valence electrons. The van der Waals surface area contributed by atoms with E-state index in [4.69, 9.17) is 0 Å². The van der Waals surface area contributed by atoms with Crippen molar-refractivity contribution in [2.75, 3.05) is 26.2 Å². The molecule has 0 unspecified atom stereocenters. The molecule has 4 rings (SSSR count). The molecule has 3 aromatic carbocycles. The van der Waals surface area contributed by atoms with Crippen molar-refractivity contribution in [1.29, 1.82) is 0 Å². The van der Waals surface area contributed by atoms with Crippen molar-refractivity contribution in [2.45, 2.75) is 30.2 Å². The van der Waals surface area contributed by atoms with Crippen molar-refractivity contribution in [3.63, 3.8) is 0 Å². The lowest BCUT2D eigenvalue weighted by Gasteiger charge is -2.34. The Morgan fingerprint density at radius 2 is 1.36 bits per heavy atom. The summed E-state index contributed by atoms with van der Waals surface area (Å²) in [6, 6.07) is 23.8. The van der Waals surface area contributed by atoms with Crippen molar-refractivity contribution >= 4 is 27.8 Å². The molecule has 1 heterocycles. The molecule has 1 atom stereocenters. The summed E-state index contributed by atoms with van der Waals surface area (Å²) in [5.41, 5.74) is 2.48. The first kappa shape index (κ1) is 28.0. The molecule has 0 aliphatic carbocycles. The molecule has 0 bridgehead atoms. The number of hydrogen-bond acceptors (Lipinski definition) is 5. The maximum absolute atomic E-state index is 13.2. The van der Waals surface area contributed by atoms with E-state index in [-0.39, 0.29) is 49.8 Å². The molecule has 10 heteroatoms. The molecular formula is C29H31N3O6S. The first-order chi connectivity index (χ1) is 18.7. The predicted octanol–water partition coefficient (Wildman–Crippen LogP) is 2.77. The standard InChI is InChI=1S/C29H31N3O6S/c33-27(16-15-26(29(35)36)30-28(34)24-9-5-2-6-10-24)31-17-19-32(20-18-31)39(37,38)25-13-11-23(12-14-25)21-22-7-3-1-4-8-22/h1-14,26H,15-21H2,(H,30,34)(H,35,36)/t26-/m0/s1. The zero-order valence-corrected chi connectivity index (χ0v) is 22.2. The zero-order chi connectivity index (χ0) is 27.8. The number of nitrogens with one attached hydrogen (secondary N) is 1. The Morgan fingerprint density at radius 1 is 0.795 bits per heavy atom. The fourth-order valence-corrected chi connectivity index (χ4v) is 5.87. The van der Waals surface area contributed by atoms with Gasteiger partial charge in [-0.05, 0) is 48.2 Å². The molecule has 1 saturated heterocycles. The molecule has 1 aliphatic rings. The van der Waals surface area contributed by atoms with Crippen LogP contribution in [0.15, 0.2) is 89.8 Å². The highest BCUT2D eigenvalue weighted by Crippen LogP contribution is 2.20. The summed E-state index contributed by atoms with van der Waals surface area (Å²) in [5, 5.41) is 12.0. The third-order valence-corrected chi connectivity index (χ3v) is 8.60. The van der Waals surface area contributed by atoms with Gasteiger partial charge in [-0.1, -0.05) is 60.7 Å². The monoisotopic (exact) mass is 549 g/mol. The minimum Gasteiger partial charge on any atom is -0.480 e. The molecular weight excluding hydrogens is 518 g/mol. The van der Waals surface area contributed by atoms with Gasteiger partial charge in [0.2, 0.25) is 15.9 Å². The molecule has 39 heavy (non-hydrogen) atoms. The second-order valence-electron chi connectivity index (χ2n) is 9.36. The number of sulfonamides is 1. The van der Waals surface area contributed by atoms with Crippen LogP contribution in [0.3, 0.4) is 0 Å². The number of carboxylic acids is 1. The lowest BCUT2D eigenvalue weighted by molar-refractivity contribution is -0.139. The van der Waals surface area contributed by atoms with E-state index in [1.807, 2.05) is 42.5 Å². The van der Waals surface area contributed by atoms with E-state index in [0.29, 0.717) is 12.0 Å². The van der Waals surface area contributed by atoms with Crippen LogP contribution in [0.2, 0.25) is 0 Å². The summed E-state index contributed by atoms with van der Waals surface area (Å²) in [5.74, 6) is -2.03. The molecule has 3 aromatic rings. The van der Waals surface area contributed by atoms with E-state index in [1.165, 1.54) is 9.21 Å². The van der Waals surface area contributed by atoms with Crippen LogP contribution in [-0.4, -0.2) is 72.7 Å². The Kier molecular flexibility index (Phi) is 9.11. The summed E-state index contributed by atoms with van der Waals surface area (Å²) >= 11 is 0. The number of benzene rings is 3. The largest absolute Gasteiger partial charge is 0.480 e. The van der Waals surface area contributed by atoms with Crippen molar-refractivity contribution < 1.29 is 27.9 Å². The van der Waals surface area contributed by atoms with Crippen molar-refractivity contribution in [3.05, 3.63) is 102 Å². The van der Waals surface area contributed by atoms with Gasteiger partial charge in [-0.3, -0.25) is 9.59 Å². The second kappa shape index (κ2) is 12.7. The van der Waals surface area contributed by atoms with Crippen molar-refractivity contribution in [3.8, 4) is 0 Å². The third kappa shape index (κ3) is 7.30. The van der Waals surface area contributed by atoms with Crippen LogP contribution >= 0.6 is 0 Å². The summed E-state index contributed by atoms with van der Waals surface area (Å²) < 4.78 is 27.7. The average molecular weight is 550 g/mol. The summed E-state index contributed by atoms with van der Waals surface area (Å²) in [6.07, 6.45) is 0.558. The third-order valence-electron chi connectivity index (χ3n) is 6.69. The van der Waals surface area contributed by atoms with Gasteiger partial charge in [0.05, 0.1) is 4.90 Å². The molecule has 0 aromatic heterocycles. The van der Waals surface area contributed by atoms with Crippen molar-refractivity contribution in [1.82, 2.24) is 14.5 Å². The Labute approximate surface area is 228 Å². The van der Waals surface area contributed by atoms with Crippen LogP contribution in [0.25, 0.3) is 0 Å². The van der Waals surface area contributed by atoms with Crippen LogP contribution in [0.1, 0.15) is 34.3 Å². The van der Waals surface area contributed by atoms with Crippen LogP contribution < -0.4 is 5.32 Å². The maximum Gasteiger partial charge on any atom is 0.326 e. The lowest BCUT2D eigenvalue weighted by atomic mass is 10.1. The number of amides is 2. The van der Waals surface area contributed by atoms with Gasteiger partial charge in [-0.15, -0.1) is 0 Å². The van der Waals surface area contributed by atoms with Gasteiger partial charge in [0.25, 0.3) is 5.91 Å². The number of piperazine rings is 1. The number of hydrogen-bond donors (Lipinski definition) is 2. The number of carboxylic acid groups (broad SMARTS) is 1. The highest BCUT2D eigenvalue weighted by Gasteiger charge is 2.31. The van der Waals surface area contributed by atoms with E-state index < -0.39 is 27.9 Å². The van der Waals surface area contributed by atoms with Gasteiger partial charge in [0, 0.05) is 38.2 Å². The maximum atomic E-state index is 13.2. The first-order valence-corrected chi connectivity index (χ1v) is 14.2. The quantitative estimate of drug-likeness (QED) is 0.401. The number of rotatable bonds is 10. The van der Waals surface area contributed by atoms with Crippen molar-refractivity contribution in [2.24, 2.45) is 0 Å². The zero-order valence-electron chi connectivity index (χ0n) is 21.4. The Morgan fingerprint density at radius 3 is 1.95 bits per heavy atom.